The number of hydrogen-bond acceptors (Lipinski definition) is 11. The van der Waals surface area contributed by atoms with Crippen molar-refractivity contribution in [3.8, 4) is 0 Å². The summed E-state index contributed by atoms with van der Waals surface area (Å²) in [7, 11) is 8.08. The molecule has 0 aromatic heterocycles. The molecule has 0 saturated carbocycles. The number of methoxy groups -OCH3 is 5. The Labute approximate surface area is 499 Å². The van der Waals surface area contributed by atoms with Crippen LogP contribution < -0.4 is 0 Å². The summed E-state index contributed by atoms with van der Waals surface area (Å²) in [5, 5.41) is 0. The molecule has 0 spiro atoms. The van der Waals surface area contributed by atoms with Crippen LogP contribution in [0.15, 0.2) is 273 Å². The van der Waals surface area contributed by atoms with Gasteiger partial charge in [-0.05, 0) is 50.1 Å². The van der Waals surface area contributed by atoms with Crippen LogP contribution >= 0.6 is 0 Å². The summed E-state index contributed by atoms with van der Waals surface area (Å²) >= 11 is 0. The molecular weight excluding hydrogens is 1060 g/mol. The van der Waals surface area contributed by atoms with E-state index in [0.29, 0.717) is 0 Å². The largest absolute Gasteiger partial charge is 0.382 e. The van der Waals surface area contributed by atoms with Gasteiger partial charge in [-0.3, -0.25) is 0 Å². The Morgan fingerprint density at radius 1 is 0.329 bits per heavy atom. The standard InChI is InChI=1S/C74H74O11/c1-75-51-64-66(77-3)69(79-5)71(82-64,53-76-2)85-70-68(78-4)67(84-74(60-45-27-12-28-46-60,61-47-29-13-30-48-61)62-49-31-14-32-50-62)65(83-73(57-39-21-9-22-40-57,58-41-23-10-24-42-58)59-43-25-11-26-44-59)63(81-70)52-80-72(54-33-15-6-16-34-54,55-35-17-7-18-36-55)56-37-19-8-20-38-56/h6-50,63-70H,51-53H2,1-5H3/t63-,64-,65-,66-,67+,68-,69+,70-,71+/m1/s1. The highest BCUT2D eigenvalue weighted by molar-refractivity contribution is 5.51. The first-order valence-corrected chi connectivity index (χ1v) is 29.0. The van der Waals surface area contributed by atoms with E-state index in [2.05, 4.69) is 109 Å². The lowest BCUT2D eigenvalue weighted by Crippen LogP contribution is -2.67. The third kappa shape index (κ3) is 11.6. The first kappa shape index (κ1) is 59.3. The summed E-state index contributed by atoms with van der Waals surface area (Å²) in [6.45, 7) is -0.0457. The molecule has 11 nitrogen and oxygen atoms in total. The average molecular weight is 1140 g/mol. The predicted octanol–water partition coefficient (Wildman–Crippen LogP) is 12.9. The summed E-state index contributed by atoms with van der Waals surface area (Å²) < 4.78 is 78.5. The Morgan fingerprint density at radius 3 is 0.941 bits per heavy atom. The fourth-order valence-electron chi connectivity index (χ4n) is 12.8. The first-order valence-electron chi connectivity index (χ1n) is 29.0. The molecule has 2 aliphatic rings. The van der Waals surface area contributed by atoms with Gasteiger partial charge in [0.1, 0.15) is 66.1 Å². The summed E-state index contributed by atoms with van der Waals surface area (Å²) in [6.07, 6.45) is -7.89. The number of rotatable bonds is 25. The molecule has 2 aliphatic heterocycles. The van der Waals surface area contributed by atoms with Crippen LogP contribution in [-0.4, -0.2) is 110 Å². The second kappa shape index (κ2) is 27.3. The fraction of sp³-hybridized carbons (Fsp3) is 0.270. The monoisotopic (exact) mass is 1140 g/mol. The Bertz CT molecular complexity index is 3120. The maximum absolute atomic E-state index is 8.46. The SMILES string of the molecule is COC[C@H]1O[C@@](COC)(O[C@H]2O[C@H](COC(c3ccccc3)(c3ccccc3)c3ccccc3)[C@@H](OC(c3ccccc3)(c3ccccc3)c3ccccc3)[C@H](OC(c3ccccc3)(c3ccccc3)c3ccccc3)[C@H]2OC)[C@@H](OC)[C@@H]1OC. The molecule has 0 amide bonds. The van der Waals surface area contributed by atoms with E-state index in [0.717, 1.165) is 50.1 Å². The smallest absolute Gasteiger partial charge is 0.224 e. The Balaban J connectivity index is 1.21. The van der Waals surface area contributed by atoms with Gasteiger partial charge in [-0.15, -0.1) is 0 Å². The van der Waals surface area contributed by atoms with Crippen molar-refractivity contribution < 1.29 is 52.1 Å². The van der Waals surface area contributed by atoms with Crippen molar-refractivity contribution in [3.63, 3.8) is 0 Å². The second-order valence-corrected chi connectivity index (χ2v) is 21.4. The molecule has 2 heterocycles. The van der Waals surface area contributed by atoms with Crippen molar-refractivity contribution in [2.24, 2.45) is 0 Å². The number of ether oxygens (including phenoxy) is 11. The molecule has 11 heteroatoms. The zero-order valence-corrected chi connectivity index (χ0v) is 48.7. The van der Waals surface area contributed by atoms with Gasteiger partial charge < -0.3 is 52.1 Å². The van der Waals surface area contributed by atoms with E-state index in [-0.39, 0.29) is 19.8 Å². The lowest BCUT2D eigenvalue weighted by Gasteiger charge is -2.53. The van der Waals surface area contributed by atoms with Gasteiger partial charge in [0, 0.05) is 35.5 Å². The van der Waals surface area contributed by atoms with E-state index in [4.69, 9.17) is 52.1 Å². The van der Waals surface area contributed by atoms with Crippen molar-refractivity contribution in [3.05, 3.63) is 323 Å². The molecule has 0 N–H and O–H groups in total. The fourth-order valence-corrected chi connectivity index (χ4v) is 12.8. The molecule has 85 heavy (non-hydrogen) atoms. The molecule has 11 rings (SSSR count). The van der Waals surface area contributed by atoms with Crippen LogP contribution in [0.2, 0.25) is 0 Å². The summed E-state index contributed by atoms with van der Waals surface area (Å²) in [5.41, 5.74) is 3.93. The van der Waals surface area contributed by atoms with E-state index in [9.17, 15) is 0 Å². The molecule has 0 unspecified atom stereocenters. The van der Waals surface area contributed by atoms with Gasteiger partial charge in [0.15, 0.2) is 6.29 Å². The zero-order chi connectivity index (χ0) is 58.5. The van der Waals surface area contributed by atoms with E-state index in [1.54, 1.807) is 35.5 Å². The normalized spacial score (nSPS) is 22.7. The molecule has 9 atom stereocenters. The van der Waals surface area contributed by atoms with Crippen molar-refractivity contribution in [2.75, 3.05) is 55.4 Å². The molecule has 2 fully saturated rings. The van der Waals surface area contributed by atoms with Gasteiger partial charge in [0.05, 0.1) is 13.2 Å². The predicted molar refractivity (Wildman–Crippen MR) is 327 cm³/mol. The maximum atomic E-state index is 8.46. The van der Waals surface area contributed by atoms with Crippen LogP contribution in [0.25, 0.3) is 0 Å². The molecular formula is C74H74O11. The van der Waals surface area contributed by atoms with Crippen LogP contribution in [0.1, 0.15) is 50.1 Å². The average Bonchev–Trinajstić information content (AvgIpc) is 1.32. The Hall–Kier alpha value is -7.46. The van der Waals surface area contributed by atoms with E-state index in [1.807, 2.05) is 164 Å². The van der Waals surface area contributed by atoms with Gasteiger partial charge >= 0.3 is 0 Å². The van der Waals surface area contributed by atoms with E-state index < -0.39 is 71.6 Å². The zero-order valence-electron chi connectivity index (χ0n) is 48.7. The summed E-state index contributed by atoms with van der Waals surface area (Å²) in [4.78, 5) is 0. The van der Waals surface area contributed by atoms with Crippen LogP contribution in [0, 0.1) is 0 Å². The maximum Gasteiger partial charge on any atom is 0.224 e. The van der Waals surface area contributed by atoms with Gasteiger partial charge in [-0.1, -0.05) is 273 Å². The summed E-state index contributed by atoms with van der Waals surface area (Å²) in [6, 6.07) is 92.7. The van der Waals surface area contributed by atoms with Crippen molar-refractivity contribution >= 4 is 0 Å². The molecule has 0 radical (unpaired) electrons. The van der Waals surface area contributed by atoms with E-state index in [1.165, 1.54) is 0 Å². The molecule has 9 aromatic carbocycles. The van der Waals surface area contributed by atoms with Crippen molar-refractivity contribution in [1.82, 2.24) is 0 Å². The molecule has 436 valence electrons. The minimum absolute atomic E-state index is 0.102. The molecule has 0 aliphatic carbocycles. The number of hydrogen-bond donors (Lipinski definition) is 0. The third-order valence-corrected chi connectivity index (χ3v) is 16.5. The minimum atomic E-state index is -1.67. The highest BCUT2D eigenvalue weighted by atomic mass is 16.8. The van der Waals surface area contributed by atoms with Gasteiger partial charge in [0.2, 0.25) is 5.79 Å². The Kier molecular flexibility index (Phi) is 19.0. The third-order valence-electron chi connectivity index (χ3n) is 16.5. The van der Waals surface area contributed by atoms with Gasteiger partial charge in [-0.2, -0.15) is 0 Å². The lowest BCUT2D eigenvalue weighted by atomic mass is 9.78. The van der Waals surface area contributed by atoms with Crippen molar-refractivity contribution in [2.45, 2.75) is 71.6 Å². The summed E-state index contributed by atoms with van der Waals surface area (Å²) in [5.74, 6) is -1.67. The molecule has 0 bridgehead atoms. The molecule has 9 aromatic rings. The Morgan fingerprint density at radius 2 is 0.647 bits per heavy atom. The lowest BCUT2D eigenvalue weighted by molar-refractivity contribution is -0.399. The van der Waals surface area contributed by atoms with Gasteiger partial charge in [0.25, 0.3) is 0 Å². The highest BCUT2D eigenvalue weighted by Gasteiger charge is 2.63. The van der Waals surface area contributed by atoms with Gasteiger partial charge in [-0.25, -0.2) is 0 Å². The highest BCUT2D eigenvalue weighted by Crippen LogP contribution is 2.50. The number of benzene rings is 9. The first-order chi connectivity index (χ1) is 41.9. The minimum Gasteiger partial charge on any atom is -0.382 e. The van der Waals surface area contributed by atoms with Crippen LogP contribution in [0.4, 0.5) is 0 Å². The van der Waals surface area contributed by atoms with Crippen LogP contribution in [0.5, 0.6) is 0 Å². The second-order valence-electron chi connectivity index (χ2n) is 21.4. The topological polar surface area (TPSA) is 102 Å². The van der Waals surface area contributed by atoms with Crippen molar-refractivity contribution in [1.29, 1.82) is 0 Å². The quantitative estimate of drug-likeness (QED) is 0.0511. The van der Waals surface area contributed by atoms with Crippen LogP contribution in [-0.2, 0) is 68.9 Å². The molecule has 2 saturated heterocycles. The van der Waals surface area contributed by atoms with E-state index >= 15 is 0 Å². The van der Waals surface area contributed by atoms with Crippen LogP contribution in [0.3, 0.4) is 0 Å².